The highest BCUT2D eigenvalue weighted by Gasteiger charge is 2.44. The summed E-state index contributed by atoms with van der Waals surface area (Å²) in [5.41, 5.74) is 0.882. The molecule has 0 spiro atoms. The van der Waals surface area contributed by atoms with Crippen LogP contribution in [0.2, 0.25) is 0 Å². The molecular formula is C65H126N4O10. The third kappa shape index (κ3) is 43.0. The predicted molar refractivity (Wildman–Crippen MR) is 329 cm³/mol. The molecule has 9 unspecified atom stereocenters. The van der Waals surface area contributed by atoms with Crippen molar-refractivity contribution in [2.75, 3.05) is 33.9 Å². The maximum Gasteiger partial charge on any atom is 0.184 e. The highest BCUT2D eigenvalue weighted by molar-refractivity contribution is 4.96. The Morgan fingerprint density at radius 1 is 0.532 bits per heavy atom. The van der Waals surface area contributed by atoms with Gasteiger partial charge in [-0.2, -0.15) is 0 Å². The fourth-order valence-electron chi connectivity index (χ4n) is 9.93. The molecule has 1 aromatic rings. The van der Waals surface area contributed by atoms with E-state index in [4.69, 9.17) is 19.7 Å². The highest BCUT2D eigenvalue weighted by atomic mass is 16.6. The van der Waals surface area contributed by atoms with Crippen LogP contribution < -0.4 is 0 Å². The van der Waals surface area contributed by atoms with Crippen LogP contribution in [0.15, 0.2) is 54.8 Å². The molecule has 8 N–H and O–H groups in total. The summed E-state index contributed by atoms with van der Waals surface area (Å²) < 4.78 is 12.8. The van der Waals surface area contributed by atoms with Crippen molar-refractivity contribution in [3.05, 3.63) is 60.5 Å². The largest absolute Gasteiger partial charge is 0.400 e. The molecule has 1 aliphatic carbocycles. The number of ether oxygens (including phenoxy) is 2. The number of aliphatic hydroxyl groups excluding tert-OH is 8. The van der Waals surface area contributed by atoms with Crippen LogP contribution in [-0.4, -0.2) is 144 Å². The van der Waals surface area contributed by atoms with E-state index in [-0.39, 0.29) is 12.5 Å². The lowest BCUT2D eigenvalue weighted by atomic mass is 9.83. The van der Waals surface area contributed by atoms with Gasteiger partial charge in [-0.15, -0.1) is 5.10 Å². The lowest BCUT2D eigenvalue weighted by molar-refractivity contribution is -0.292. The zero-order valence-corrected chi connectivity index (χ0v) is 51.9. The summed E-state index contributed by atoms with van der Waals surface area (Å²) in [5.74, 6) is -0.0450. The van der Waals surface area contributed by atoms with Crippen molar-refractivity contribution in [2.45, 2.75) is 316 Å². The Balaban J connectivity index is 0. The van der Waals surface area contributed by atoms with E-state index in [0.717, 1.165) is 45.0 Å². The summed E-state index contributed by atoms with van der Waals surface area (Å²) in [6, 6.07) is 0. The van der Waals surface area contributed by atoms with Crippen LogP contribution in [0.4, 0.5) is 0 Å². The van der Waals surface area contributed by atoms with Gasteiger partial charge in [0.1, 0.15) is 30.5 Å². The molecule has 2 fully saturated rings. The van der Waals surface area contributed by atoms with E-state index in [9.17, 15) is 30.6 Å². The monoisotopic (exact) mass is 1120 g/mol. The Morgan fingerprint density at radius 3 is 1.37 bits per heavy atom. The van der Waals surface area contributed by atoms with Crippen LogP contribution in [0.3, 0.4) is 0 Å². The fourth-order valence-corrected chi connectivity index (χ4v) is 9.93. The molecule has 1 aliphatic heterocycles. The third-order valence-electron chi connectivity index (χ3n) is 14.4. The molecule has 0 bridgehead atoms. The van der Waals surface area contributed by atoms with Crippen LogP contribution in [-0.2, 0) is 22.6 Å². The topological polar surface area (TPSA) is 214 Å². The van der Waals surface area contributed by atoms with Crippen molar-refractivity contribution < 1.29 is 50.3 Å². The molecule has 1 aromatic heterocycles. The maximum atomic E-state index is 10.6. The van der Waals surface area contributed by atoms with Crippen molar-refractivity contribution in [1.82, 2.24) is 19.9 Å². The lowest BCUT2D eigenvalue weighted by Crippen LogP contribution is -2.59. The molecule has 9 atom stereocenters. The zero-order chi connectivity index (χ0) is 59.0. The summed E-state index contributed by atoms with van der Waals surface area (Å²) >= 11 is 0. The summed E-state index contributed by atoms with van der Waals surface area (Å²) in [4.78, 5) is 2.28. The van der Waals surface area contributed by atoms with E-state index >= 15 is 0 Å². The Bertz CT molecular complexity index is 1510. The van der Waals surface area contributed by atoms with Crippen molar-refractivity contribution in [3.8, 4) is 0 Å². The van der Waals surface area contributed by atoms with E-state index in [0.29, 0.717) is 32.5 Å². The molecule has 14 heteroatoms. The molecule has 3 rings (SSSR count). The third-order valence-corrected chi connectivity index (χ3v) is 14.4. The van der Waals surface area contributed by atoms with E-state index < -0.39 is 49.0 Å². The van der Waals surface area contributed by atoms with Gasteiger partial charge in [-0.3, -0.25) is 4.68 Å². The second kappa shape index (κ2) is 58.8. The minimum Gasteiger partial charge on any atom is -0.400 e. The van der Waals surface area contributed by atoms with E-state index in [1.54, 1.807) is 4.68 Å². The molecule has 79 heavy (non-hydrogen) atoms. The minimum atomic E-state index is -1.67. The summed E-state index contributed by atoms with van der Waals surface area (Å²) in [6.45, 7) is 14.3. The smallest absolute Gasteiger partial charge is 0.184 e. The molecule has 1 saturated carbocycles. The van der Waals surface area contributed by atoms with Gasteiger partial charge in [0.15, 0.2) is 6.29 Å². The van der Waals surface area contributed by atoms with Crippen LogP contribution in [0.25, 0.3) is 0 Å². The first kappa shape index (κ1) is 78.7. The Kier molecular flexibility index (Phi) is 58.6. The van der Waals surface area contributed by atoms with Gasteiger partial charge in [0, 0.05) is 33.0 Å². The number of hydrogen-bond donors (Lipinski definition) is 8. The predicted octanol–water partition coefficient (Wildman–Crippen LogP) is 13.0. The molecule has 1 saturated heterocycles. The number of aliphatic hydroxyl groups is 8. The first-order chi connectivity index (χ1) is 38.7. The number of hydrogen-bond acceptors (Lipinski definition) is 13. The fraction of sp³-hybridized carbons (Fsp3) is 0.846. The Labute approximate surface area is 484 Å². The number of rotatable bonds is 44. The van der Waals surface area contributed by atoms with Crippen LogP contribution >= 0.6 is 0 Å². The highest BCUT2D eigenvalue weighted by Crippen LogP contribution is 2.30. The Hall–Kier alpha value is -2.34. The zero-order valence-electron chi connectivity index (χ0n) is 51.9. The lowest BCUT2D eigenvalue weighted by Gasteiger charge is -2.40. The van der Waals surface area contributed by atoms with Gasteiger partial charge in [0.25, 0.3) is 0 Å². The maximum absolute atomic E-state index is 10.6. The summed E-state index contributed by atoms with van der Waals surface area (Å²) in [5, 5.41) is 85.4. The average molecular weight is 1120 g/mol. The molecule has 14 nitrogen and oxygen atoms in total. The molecular weight excluding hydrogens is 997 g/mol. The number of allylic oxidation sites excluding steroid dienone is 8. The quantitative estimate of drug-likeness (QED) is 0.0226. The van der Waals surface area contributed by atoms with Gasteiger partial charge in [-0.25, -0.2) is 0 Å². The van der Waals surface area contributed by atoms with Crippen molar-refractivity contribution in [3.63, 3.8) is 0 Å². The first-order valence-electron chi connectivity index (χ1n) is 32.3. The van der Waals surface area contributed by atoms with Crippen molar-refractivity contribution in [1.29, 1.82) is 0 Å². The van der Waals surface area contributed by atoms with Gasteiger partial charge in [-0.05, 0) is 109 Å². The average Bonchev–Trinajstić information content (AvgIpc) is 3.92. The molecule has 0 amide bonds. The molecule has 466 valence electrons. The van der Waals surface area contributed by atoms with Gasteiger partial charge < -0.3 is 55.2 Å². The SMILES string of the molecule is CC.CC.CC.CN(CCCCCCCCCCCCCCC/C=C\C/C=C\CCCCCCCC/C=C\C/C=C\CCCCCCCCO)Cc1cn(CC2CC(O)C(O)C(OCC3OC(O)C(O)C(O)C3O)C2)nn1.CO. The van der Waals surface area contributed by atoms with E-state index in [1.807, 2.05) is 47.7 Å². The van der Waals surface area contributed by atoms with Crippen molar-refractivity contribution in [2.24, 2.45) is 5.92 Å². The van der Waals surface area contributed by atoms with Gasteiger partial charge in [0.2, 0.25) is 0 Å². The number of unbranched alkanes of at least 4 members (excludes halogenated alkanes) is 26. The molecule has 0 radical (unpaired) electrons. The van der Waals surface area contributed by atoms with Crippen molar-refractivity contribution >= 4 is 0 Å². The second-order valence-corrected chi connectivity index (χ2v) is 21.0. The van der Waals surface area contributed by atoms with Gasteiger partial charge in [-0.1, -0.05) is 217 Å². The van der Waals surface area contributed by atoms with Crippen LogP contribution in [0.1, 0.15) is 259 Å². The van der Waals surface area contributed by atoms with Gasteiger partial charge in [0.05, 0.1) is 24.5 Å². The van der Waals surface area contributed by atoms with E-state index in [1.165, 1.54) is 173 Å². The van der Waals surface area contributed by atoms with Gasteiger partial charge >= 0.3 is 0 Å². The standard InChI is InChI=1S/C58H104N4O9.3C2H6.CH4O/c1-61(46-50-47-62(60-59-50)45-49-43-51(64)54(65)52(44-49)70-48-53-55(66)56(67)57(68)58(69)71-53)41-39-37-35-33-31-29-27-25-23-21-19-17-15-13-11-9-7-5-3-2-4-6-8-10-12-14-16-18-20-22-24-26-28-30-32-34-36-38-40-42-63;4*1-2/h3,5,9,11,18,20,24,26,47,49,51-58,63-69H,2,4,6-8,10,12-17,19,21-23,25,27-46,48H2,1H3;3*1-2H3;2H,1H3/b5-3-,11-9-,20-18-,26-24-;;;;. The molecule has 2 heterocycles. The Morgan fingerprint density at radius 2 is 0.937 bits per heavy atom. The van der Waals surface area contributed by atoms with Crippen LogP contribution in [0, 0.1) is 5.92 Å². The molecule has 0 aromatic carbocycles. The normalized spacial score (nSPS) is 22.2. The van der Waals surface area contributed by atoms with E-state index in [2.05, 4.69) is 70.9 Å². The summed E-state index contributed by atoms with van der Waals surface area (Å²) in [6.07, 6.45) is 51.0. The summed E-state index contributed by atoms with van der Waals surface area (Å²) in [7, 11) is 3.11. The number of nitrogens with zero attached hydrogens (tertiary/aromatic N) is 4. The van der Waals surface area contributed by atoms with Crippen LogP contribution in [0.5, 0.6) is 0 Å². The second-order valence-electron chi connectivity index (χ2n) is 21.0. The number of aromatic nitrogens is 3. The minimum absolute atomic E-state index is 0.0450. The first-order valence-corrected chi connectivity index (χ1v) is 32.3. The molecule has 2 aliphatic rings.